The molecular weight excluding hydrogens is 178 g/mol. The van der Waals surface area contributed by atoms with Crippen molar-refractivity contribution in [2.24, 2.45) is 11.7 Å². The number of carbonyl (C=O) groups excluding carboxylic acids is 1. The quantitative estimate of drug-likeness (QED) is 0.706. The van der Waals surface area contributed by atoms with Gasteiger partial charge in [-0.25, -0.2) is 0 Å². The largest absolute Gasteiger partial charge is 0.342 e. The van der Waals surface area contributed by atoms with Crippen LogP contribution in [-0.4, -0.2) is 29.9 Å². The molecule has 0 aromatic heterocycles. The van der Waals surface area contributed by atoms with Crippen LogP contribution in [0.15, 0.2) is 0 Å². The van der Waals surface area contributed by atoms with E-state index in [1.165, 1.54) is 0 Å². The van der Waals surface area contributed by atoms with Gasteiger partial charge in [-0.3, -0.25) is 4.79 Å². The van der Waals surface area contributed by atoms with Crippen molar-refractivity contribution in [2.45, 2.75) is 33.2 Å². The molecule has 0 fully saturated rings. The zero-order chi connectivity index (χ0) is 11.1. The molecule has 0 aliphatic rings. The molecule has 0 heterocycles. The summed E-state index contributed by atoms with van der Waals surface area (Å²) in [6.45, 7) is 6.65. The number of carbonyl (C=O) groups is 1. The van der Waals surface area contributed by atoms with Gasteiger partial charge in [0.05, 0.1) is 12.0 Å². The average Bonchev–Trinajstić information content (AvgIpc) is 2.12. The van der Waals surface area contributed by atoms with Gasteiger partial charge in [-0.1, -0.05) is 0 Å². The van der Waals surface area contributed by atoms with Gasteiger partial charge in [-0.05, 0) is 20.8 Å². The first-order chi connectivity index (χ1) is 6.51. The monoisotopic (exact) mass is 197 g/mol. The van der Waals surface area contributed by atoms with Crippen molar-refractivity contribution < 1.29 is 4.79 Å². The van der Waals surface area contributed by atoms with Gasteiger partial charge in [0.25, 0.3) is 0 Å². The van der Waals surface area contributed by atoms with Crippen molar-refractivity contribution in [1.82, 2.24) is 4.90 Å². The van der Waals surface area contributed by atoms with E-state index < -0.39 is 0 Å². The number of hydrogen-bond acceptors (Lipinski definition) is 3. The summed E-state index contributed by atoms with van der Waals surface area (Å²) >= 11 is 0. The number of rotatable bonds is 5. The third kappa shape index (κ3) is 4.83. The maximum atomic E-state index is 11.6. The summed E-state index contributed by atoms with van der Waals surface area (Å²) < 4.78 is 0. The molecule has 1 amide bonds. The average molecular weight is 197 g/mol. The first-order valence-electron chi connectivity index (χ1n) is 4.94. The smallest absolute Gasteiger partial charge is 0.224 e. The molecule has 0 saturated heterocycles. The molecule has 2 unspecified atom stereocenters. The summed E-state index contributed by atoms with van der Waals surface area (Å²) in [5.74, 6) is -0.0865. The van der Waals surface area contributed by atoms with Crippen LogP contribution in [0.1, 0.15) is 27.2 Å². The molecule has 0 aliphatic carbocycles. The highest BCUT2D eigenvalue weighted by Crippen LogP contribution is 2.02. The lowest BCUT2D eigenvalue weighted by atomic mass is 10.1. The Labute approximate surface area is 85.7 Å². The number of nitrogens with zero attached hydrogens (tertiary/aromatic N) is 2. The molecule has 80 valence electrons. The van der Waals surface area contributed by atoms with E-state index in [9.17, 15) is 4.79 Å². The highest BCUT2D eigenvalue weighted by molar-refractivity contribution is 5.76. The Morgan fingerprint density at radius 1 is 1.57 bits per heavy atom. The van der Waals surface area contributed by atoms with E-state index in [0.717, 1.165) is 0 Å². The summed E-state index contributed by atoms with van der Waals surface area (Å²) in [4.78, 5) is 13.3. The molecule has 0 aromatic rings. The van der Waals surface area contributed by atoms with Crippen LogP contribution in [0.2, 0.25) is 0 Å². The third-order valence-electron chi connectivity index (χ3n) is 1.95. The fourth-order valence-electron chi connectivity index (χ4n) is 1.18. The number of hydrogen-bond donors (Lipinski definition) is 1. The highest BCUT2D eigenvalue weighted by Gasteiger charge is 2.15. The zero-order valence-electron chi connectivity index (χ0n) is 9.16. The van der Waals surface area contributed by atoms with Gasteiger partial charge in [0.1, 0.15) is 0 Å². The fraction of sp³-hybridized carbons (Fsp3) is 0.800. The topological polar surface area (TPSA) is 70.1 Å². The SMILES string of the molecule is CCN(CC(C)C#N)C(=O)CC(C)N. The van der Waals surface area contributed by atoms with Crippen LogP contribution in [0.5, 0.6) is 0 Å². The predicted molar refractivity (Wildman–Crippen MR) is 55.3 cm³/mol. The van der Waals surface area contributed by atoms with E-state index in [1.807, 2.05) is 13.8 Å². The molecule has 4 nitrogen and oxygen atoms in total. The van der Waals surface area contributed by atoms with Gasteiger partial charge in [0.15, 0.2) is 0 Å². The van der Waals surface area contributed by atoms with E-state index in [4.69, 9.17) is 11.0 Å². The second-order valence-electron chi connectivity index (χ2n) is 3.64. The van der Waals surface area contributed by atoms with Crippen LogP contribution in [0.25, 0.3) is 0 Å². The summed E-state index contributed by atoms with van der Waals surface area (Å²) in [5.41, 5.74) is 5.54. The summed E-state index contributed by atoms with van der Waals surface area (Å²) in [7, 11) is 0. The predicted octanol–water partition coefficient (Wildman–Crippen LogP) is 0.732. The zero-order valence-corrected chi connectivity index (χ0v) is 9.16. The maximum Gasteiger partial charge on any atom is 0.224 e. The Morgan fingerprint density at radius 3 is 2.50 bits per heavy atom. The van der Waals surface area contributed by atoms with Crippen LogP contribution in [-0.2, 0) is 4.79 Å². The third-order valence-corrected chi connectivity index (χ3v) is 1.95. The molecule has 0 radical (unpaired) electrons. The van der Waals surface area contributed by atoms with Crippen LogP contribution in [0.3, 0.4) is 0 Å². The molecule has 2 atom stereocenters. The molecule has 2 N–H and O–H groups in total. The van der Waals surface area contributed by atoms with Crippen molar-refractivity contribution in [1.29, 1.82) is 5.26 Å². The standard InChI is InChI=1S/C10H19N3O/c1-4-13(7-8(2)6-11)10(14)5-9(3)12/h8-9H,4-5,7,12H2,1-3H3. The van der Waals surface area contributed by atoms with Crippen molar-refractivity contribution in [2.75, 3.05) is 13.1 Å². The van der Waals surface area contributed by atoms with Crippen LogP contribution in [0.4, 0.5) is 0 Å². The Kier molecular flexibility index (Phi) is 5.89. The number of nitriles is 1. The van der Waals surface area contributed by atoms with E-state index in [0.29, 0.717) is 19.5 Å². The number of nitrogens with two attached hydrogens (primary N) is 1. The van der Waals surface area contributed by atoms with Crippen molar-refractivity contribution in [3.8, 4) is 6.07 Å². The van der Waals surface area contributed by atoms with E-state index in [1.54, 1.807) is 11.8 Å². The molecule has 0 rings (SSSR count). The Morgan fingerprint density at radius 2 is 2.14 bits per heavy atom. The molecule has 0 aromatic carbocycles. The van der Waals surface area contributed by atoms with Crippen LogP contribution >= 0.6 is 0 Å². The van der Waals surface area contributed by atoms with E-state index >= 15 is 0 Å². The minimum Gasteiger partial charge on any atom is -0.342 e. The lowest BCUT2D eigenvalue weighted by Gasteiger charge is -2.22. The molecule has 4 heteroatoms. The van der Waals surface area contributed by atoms with Gasteiger partial charge < -0.3 is 10.6 Å². The van der Waals surface area contributed by atoms with Crippen LogP contribution < -0.4 is 5.73 Å². The van der Waals surface area contributed by atoms with Crippen LogP contribution in [0, 0.1) is 17.2 Å². The number of amides is 1. The second kappa shape index (κ2) is 6.39. The molecular formula is C10H19N3O. The summed E-state index contributed by atoms with van der Waals surface area (Å²) in [6, 6.07) is 2.00. The Hall–Kier alpha value is -1.08. The normalized spacial score (nSPS) is 14.2. The lowest BCUT2D eigenvalue weighted by molar-refractivity contribution is -0.131. The first kappa shape index (κ1) is 12.9. The van der Waals surface area contributed by atoms with Crippen molar-refractivity contribution in [3.63, 3.8) is 0 Å². The van der Waals surface area contributed by atoms with Gasteiger partial charge in [0, 0.05) is 25.6 Å². The second-order valence-corrected chi connectivity index (χ2v) is 3.64. The van der Waals surface area contributed by atoms with E-state index in [-0.39, 0.29) is 17.9 Å². The van der Waals surface area contributed by atoms with Crippen molar-refractivity contribution in [3.05, 3.63) is 0 Å². The Bertz CT molecular complexity index is 220. The fourth-order valence-corrected chi connectivity index (χ4v) is 1.18. The van der Waals surface area contributed by atoms with Gasteiger partial charge in [-0.15, -0.1) is 0 Å². The minimum absolute atomic E-state index is 0.0320. The molecule has 14 heavy (non-hydrogen) atoms. The minimum atomic E-state index is -0.119. The molecule has 0 spiro atoms. The molecule has 0 bridgehead atoms. The first-order valence-corrected chi connectivity index (χ1v) is 4.94. The van der Waals surface area contributed by atoms with Crippen molar-refractivity contribution >= 4 is 5.91 Å². The molecule has 0 aliphatic heterocycles. The Balaban J connectivity index is 4.14. The lowest BCUT2D eigenvalue weighted by Crippen LogP contribution is -2.37. The molecule has 0 saturated carbocycles. The van der Waals surface area contributed by atoms with Gasteiger partial charge in [0.2, 0.25) is 5.91 Å². The summed E-state index contributed by atoms with van der Waals surface area (Å²) in [5, 5.41) is 8.63. The maximum absolute atomic E-state index is 11.6. The van der Waals surface area contributed by atoms with Gasteiger partial charge >= 0.3 is 0 Å². The highest BCUT2D eigenvalue weighted by atomic mass is 16.2. The summed E-state index contributed by atoms with van der Waals surface area (Å²) in [6.07, 6.45) is 0.353. The van der Waals surface area contributed by atoms with Gasteiger partial charge in [-0.2, -0.15) is 5.26 Å². The van der Waals surface area contributed by atoms with E-state index in [2.05, 4.69) is 6.07 Å².